The maximum absolute atomic E-state index is 14.6. The number of nitrogens with zero attached hydrogens (tertiary/aromatic N) is 2. The van der Waals surface area contributed by atoms with Crippen molar-refractivity contribution in [3.8, 4) is 11.8 Å². The number of ether oxygens (including phenoxy) is 1. The van der Waals surface area contributed by atoms with E-state index in [1.54, 1.807) is 30.3 Å². The number of carbonyl (C=O) groups excluding carboxylic acids is 1. The van der Waals surface area contributed by atoms with E-state index in [2.05, 4.69) is 26.5 Å². The molecule has 3 rings (SSSR count). The number of esters is 1. The molecular formula is C18H13FN4O2. The predicted octanol–water partition coefficient (Wildman–Crippen LogP) is 2.12. The second-order valence-corrected chi connectivity index (χ2v) is 5.11. The summed E-state index contributed by atoms with van der Waals surface area (Å²) in [7, 11) is 1.31. The number of fused-ring (bicyclic) bond motifs is 1. The van der Waals surface area contributed by atoms with Gasteiger partial charge in [0.05, 0.1) is 29.1 Å². The fourth-order valence-electron chi connectivity index (χ4n) is 2.27. The Hall–Kier alpha value is -3.66. The van der Waals surface area contributed by atoms with Gasteiger partial charge in [0.15, 0.2) is 5.82 Å². The Balaban J connectivity index is 1.98. The van der Waals surface area contributed by atoms with Gasteiger partial charge in [0.25, 0.3) is 0 Å². The molecule has 2 aromatic carbocycles. The number of carbonyl (C=O) groups is 1. The third-order valence-corrected chi connectivity index (χ3v) is 3.49. The summed E-state index contributed by atoms with van der Waals surface area (Å²) in [5.41, 5.74) is 12.7. The molecule has 0 spiro atoms. The van der Waals surface area contributed by atoms with Crippen LogP contribution in [-0.2, 0) is 4.74 Å². The van der Waals surface area contributed by atoms with Gasteiger partial charge in [-0.05, 0) is 36.4 Å². The first kappa shape index (κ1) is 16.2. The minimum absolute atomic E-state index is 0.0195. The third kappa shape index (κ3) is 3.19. The van der Waals surface area contributed by atoms with E-state index >= 15 is 0 Å². The maximum Gasteiger partial charge on any atom is 0.337 e. The molecule has 1 heterocycles. The van der Waals surface area contributed by atoms with E-state index in [-0.39, 0.29) is 22.7 Å². The number of hydrogen-bond acceptors (Lipinski definition) is 6. The molecule has 6 nitrogen and oxygen atoms in total. The highest BCUT2D eigenvalue weighted by Gasteiger charge is 2.12. The number of nitrogen functional groups attached to an aromatic ring is 2. The largest absolute Gasteiger partial charge is 0.465 e. The molecule has 0 bridgehead atoms. The van der Waals surface area contributed by atoms with Gasteiger partial charge < -0.3 is 16.2 Å². The summed E-state index contributed by atoms with van der Waals surface area (Å²) in [5, 5.41) is 0.0852. The lowest BCUT2D eigenvalue weighted by Gasteiger charge is -2.04. The molecule has 25 heavy (non-hydrogen) atoms. The Morgan fingerprint density at radius 3 is 2.48 bits per heavy atom. The number of nitrogens with two attached hydrogens (primary N) is 2. The van der Waals surface area contributed by atoms with Crippen molar-refractivity contribution in [2.75, 3.05) is 18.6 Å². The van der Waals surface area contributed by atoms with E-state index in [0.717, 1.165) is 0 Å². The first-order valence-electron chi connectivity index (χ1n) is 7.21. The number of hydrogen-bond donors (Lipinski definition) is 2. The number of halogens is 1. The SMILES string of the molecule is COC(=O)c1ccc(C#Cc2ccc3nc(N)nc(N)c3c2F)cc1. The van der Waals surface area contributed by atoms with E-state index in [1.165, 1.54) is 13.2 Å². The molecule has 7 heteroatoms. The van der Waals surface area contributed by atoms with Crippen LogP contribution in [0.2, 0.25) is 0 Å². The first-order valence-corrected chi connectivity index (χ1v) is 7.21. The predicted molar refractivity (Wildman–Crippen MR) is 92.1 cm³/mol. The lowest BCUT2D eigenvalue weighted by Crippen LogP contribution is -2.02. The normalized spacial score (nSPS) is 10.2. The van der Waals surface area contributed by atoms with Crippen LogP contribution in [0.5, 0.6) is 0 Å². The lowest BCUT2D eigenvalue weighted by atomic mass is 10.1. The summed E-state index contributed by atoms with van der Waals surface area (Å²) in [6, 6.07) is 9.55. The van der Waals surface area contributed by atoms with Gasteiger partial charge in [0.1, 0.15) is 5.82 Å². The van der Waals surface area contributed by atoms with E-state index in [1.807, 2.05) is 0 Å². The molecule has 4 N–H and O–H groups in total. The van der Waals surface area contributed by atoms with Crippen molar-refractivity contribution in [1.82, 2.24) is 9.97 Å². The van der Waals surface area contributed by atoms with Crippen LogP contribution < -0.4 is 11.5 Å². The van der Waals surface area contributed by atoms with Crippen LogP contribution in [0.15, 0.2) is 36.4 Å². The molecule has 0 aliphatic heterocycles. The van der Waals surface area contributed by atoms with Gasteiger partial charge in [-0.2, -0.15) is 4.98 Å². The molecule has 3 aromatic rings. The van der Waals surface area contributed by atoms with Crippen LogP contribution >= 0.6 is 0 Å². The van der Waals surface area contributed by atoms with Crippen LogP contribution in [-0.4, -0.2) is 23.0 Å². The Bertz CT molecular complexity index is 1040. The van der Waals surface area contributed by atoms with E-state index in [9.17, 15) is 9.18 Å². The zero-order valence-corrected chi connectivity index (χ0v) is 13.2. The summed E-state index contributed by atoms with van der Waals surface area (Å²) in [5.74, 6) is 4.48. The average molecular weight is 336 g/mol. The topological polar surface area (TPSA) is 104 Å². The molecular weight excluding hydrogens is 323 g/mol. The Kier molecular flexibility index (Phi) is 4.18. The number of anilines is 2. The zero-order valence-electron chi connectivity index (χ0n) is 13.2. The maximum atomic E-state index is 14.6. The van der Waals surface area contributed by atoms with E-state index in [4.69, 9.17) is 11.5 Å². The van der Waals surface area contributed by atoms with Crippen LogP contribution in [0.1, 0.15) is 21.5 Å². The second-order valence-electron chi connectivity index (χ2n) is 5.11. The van der Waals surface area contributed by atoms with Gasteiger partial charge in [-0.1, -0.05) is 11.8 Å². The highest BCUT2D eigenvalue weighted by atomic mass is 19.1. The van der Waals surface area contributed by atoms with Crippen LogP contribution in [0.3, 0.4) is 0 Å². The highest BCUT2D eigenvalue weighted by Crippen LogP contribution is 2.24. The average Bonchev–Trinajstić information content (AvgIpc) is 2.60. The van der Waals surface area contributed by atoms with Crippen LogP contribution in [0.4, 0.5) is 16.2 Å². The van der Waals surface area contributed by atoms with Gasteiger partial charge >= 0.3 is 5.97 Å². The Morgan fingerprint density at radius 1 is 1.08 bits per heavy atom. The highest BCUT2D eigenvalue weighted by molar-refractivity contribution is 5.91. The number of benzene rings is 2. The number of rotatable bonds is 1. The molecule has 0 unspecified atom stereocenters. The number of aromatic nitrogens is 2. The van der Waals surface area contributed by atoms with Crippen LogP contribution in [0, 0.1) is 17.7 Å². The van der Waals surface area contributed by atoms with Crippen molar-refractivity contribution in [1.29, 1.82) is 0 Å². The van der Waals surface area contributed by atoms with Gasteiger partial charge in [-0.15, -0.1) is 0 Å². The summed E-state index contributed by atoms with van der Waals surface area (Å²) >= 11 is 0. The number of methoxy groups -OCH3 is 1. The van der Waals surface area contributed by atoms with Crippen molar-refractivity contribution in [3.05, 3.63) is 58.9 Å². The molecule has 0 fully saturated rings. The lowest BCUT2D eigenvalue weighted by molar-refractivity contribution is 0.0600. The summed E-state index contributed by atoms with van der Waals surface area (Å²) in [4.78, 5) is 19.1. The van der Waals surface area contributed by atoms with Crippen molar-refractivity contribution >= 4 is 28.6 Å². The van der Waals surface area contributed by atoms with Gasteiger partial charge in [0.2, 0.25) is 5.95 Å². The molecule has 0 atom stereocenters. The molecule has 0 saturated heterocycles. The molecule has 1 aromatic heterocycles. The third-order valence-electron chi connectivity index (χ3n) is 3.49. The van der Waals surface area contributed by atoms with Crippen molar-refractivity contribution < 1.29 is 13.9 Å². The van der Waals surface area contributed by atoms with E-state index in [0.29, 0.717) is 16.6 Å². The molecule has 0 radical (unpaired) electrons. The first-order chi connectivity index (χ1) is 12.0. The van der Waals surface area contributed by atoms with Crippen LogP contribution in [0.25, 0.3) is 10.9 Å². The zero-order chi connectivity index (χ0) is 18.0. The molecule has 0 aliphatic rings. The smallest absolute Gasteiger partial charge is 0.337 e. The fourth-order valence-corrected chi connectivity index (χ4v) is 2.27. The molecule has 0 amide bonds. The van der Waals surface area contributed by atoms with Crippen molar-refractivity contribution in [2.45, 2.75) is 0 Å². The molecule has 0 aliphatic carbocycles. The quantitative estimate of drug-likeness (QED) is 0.521. The minimum Gasteiger partial charge on any atom is -0.465 e. The minimum atomic E-state index is -0.603. The standard InChI is InChI=1S/C18H13FN4O2/c1-25-17(24)12-6-3-10(4-7-12)2-5-11-8-9-13-14(15(11)19)16(20)23-18(21)22-13/h3-4,6-9H,1H3,(H4,20,21,22,23). The molecule has 0 saturated carbocycles. The van der Waals surface area contributed by atoms with E-state index < -0.39 is 11.8 Å². The summed E-state index contributed by atoms with van der Waals surface area (Å²) in [6.07, 6.45) is 0. The van der Waals surface area contributed by atoms with Crippen molar-refractivity contribution in [3.63, 3.8) is 0 Å². The van der Waals surface area contributed by atoms with Gasteiger partial charge in [0, 0.05) is 5.56 Å². The second kappa shape index (κ2) is 6.45. The fraction of sp³-hybridized carbons (Fsp3) is 0.0556. The van der Waals surface area contributed by atoms with Gasteiger partial charge in [-0.3, -0.25) is 0 Å². The Morgan fingerprint density at radius 2 is 1.80 bits per heavy atom. The molecule has 124 valence electrons. The van der Waals surface area contributed by atoms with Crippen molar-refractivity contribution in [2.24, 2.45) is 0 Å². The van der Waals surface area contributed by atoms with Gasteiger partial charge in [-0.25, -0.2) is 14.2 Å². The Labute approximate surface area is 142 Å². The monoisotopic (exact) mass is 336 g/mol. The summed E-state index contributed by atoms with van der Waals surface area (Å²) < 4.78 is 19.2. The summed E-state index contributed by atoms with van der Waals surface area (Å²) in [6.45, 7) is 0.